The first-order valence-electron chi connectivity index (χ1n) is 12.0. The van der Waals surface area contributed by atoms with Crippen molar-refractivity contribution in [3.8, 4) is 11.1 Å². The molecule has 7 heteroatoms. The molecular weight excluding hydrogens is 402 g/mol. The van der Waals surface area contributed by atoms with Gasteiger partial charge in [-0.2, -0.15) is 5.10 Å². The first-order valence-corrected chi connectivity index (χ1v) is 12.0. The molecule has 0 aromatic carbocycles. The van der Waals surface area contributed by atoms with E-state index in [0.29, 0.717) is 25.7 Å². The Morgan fingerprint density at radius 1 is 1.22 bits per heavy atom. The summed E-state index contributed by atoms with van der Waals surface area (Å²) < 4.78 is 7.91. The molecule has 2 fully saturated rings. The van der Waals surface area contributed by atoms with Crippen molar-refractivity contribution >= 4 is 5.91 Å². The highest BCUT2D eigenvalue weighted by atomic mass is 16.5. The van der Waals surface area contributed by atoms with Crippen LogP contribution in [0, 0.1) is 6.92 Å². The summed E-state index contributed by atoms with van der Waals surface area (Å²) in [4.78, 5) is 22.5. The molecule has 0 radical (unpaired) electrons. The van der Waals surface area contributed by atoms with Crippen LogP contribution in [0.25, 0.3) is 11.1 Å². The lowest BCUT2D eigenvalue weighted by Crippen LogP contribution is -2.51. The van der Waals surface area contributed by atoms with Crippen LogP contribution in [0.15, 0.2) is 24.5 Å². The van der Waals surface area contributed by atoms with E-state index in [9.17, 15) is 4.79 Å². The van der Waals surface area contributed by atoms with E-state index in [0.717, 1.165) is 41.9 Å². The monoisotopic (exact) mass is 439 g/mol. The zero-order valence-corrected chi connectivity index (χ0v) is 20.0. The molecule has 1 atom stereocenters. The number of aromatic nitrogens is 3. The number of amides is 1. The molecule has 7 nitrogen and oxygen atoms in total. The highest BCUT2D eigenvalue weighted by Crippen LogP contribution is 2.28. The van der Waals surface area contributed by atoms with Crippen molar-refractivity contribution < 1.29 is 9.53 Å². The van der Waals surface area contributed by atoms with E-state index in [1.807, 2.05) is 31.0 Å². The van der Waals surface area contributed by atoms with Gasteiger partial charge in [-0.1, -0.05) is 19.3 Å². The molecule has 0 N–H and O–H groups in total. The highest BCUT2D eigenvalue weighted by Gasteiger charge is 2.31. The molecule has 0 spiro atoms. The summed E-state index contributed by atoms with van der Waals surface area (Å²) in [6.07, 6.45) is 9.80. The molecule has 1 saturated heterocycles. The molecule has 4 rings (SSSR count). The van der Waals surface area contributed by atoms with Crippen LogP contribution < -0.4 is 0 Å². The predicted octanol–water partition coefficient (Wildman–Crippen LogP) is 3.73. The van der Waals surface area contributed by atoms with Gasteiger partial charge in [0, 0.05) is 49.7 Å². The van der Waals surface area contributed by atoms with E-state index in [4.69, 9.17) is 9.72 Å². The van der Waals surface area contributed by atoms with Gasteiger partial charge in [0.15, 0.2) is 0 Å². The zero-order valence-electron chi connectivity index (χ0n) is 20.0. The fraction of sp³-hybridized carbons (Fsp3) is 0.640. The van der Waals surface area contributed by atoms with Gasteiger partial charge in [0.2, 0.25) is 5.91 Å². The molecule has 32 heavy (non-hydrogen) atoms. The van der Waals surface area contributed by atoms with Crippen LogP contribution in [-0.4, -0.2) is 68.8 Å². The standard InChI is InChI=1S/C25H37N5O2/c1-18(2)30(22-8-6-5-7-9-22)25(31)17-29-10-11-32-24(16-29)23-13-20(12-19(3)27-23)21-14-26-28(4)15-21/h12-15,18,22,24H,5-11,16-17H2,1-4H3/t24-/m0/s1. The van der Waals surface area contributed by atoms with Gasteiger partial charge in [0.1, 0.15) is 6.10 Å². The lowest BCUT2D eigenvalue weighted by Gasteiger charge is -2.39. The van der Waals surface area contributed by atoms with Crippen molar-refractivity contribution in [2.45, 2.75) is 71.1 Å². The SMILES string of the molecule is Cc1cc(-c2cnn(C)c2)cc([C@@H]2CN(CC(=O)N(C(C)C)C3CCCCC3)CCO2)n1. The first kappa shape index (κ1) is 22.9. The lowest BCUT2D eigenvalue weighted by atomic mass is 9.93. The molecule has 2 aromatic rings. The number of morpholine rings is 1. The molecule has 2 aliphatic rings. The molecule has 1 aliphatic heterocycles. The fourth-order valence-corrected chi connectivity index (χ4v) is 5.17. The Kier molecular flexibility index (Phi) is 7.26. The molecule has 3 heterocycles. The smallest absolute Gasteiger partial charge is 0.237 e. The van der Waals surface area contributed by atoms with Crippen LogP contribution in [-0.2, 0) is 16.6 Å². The summed E-state index contributed by atoms with van der Waals surface area (Å²) in [7, 11) is 1.92. The third-order valence-electron chi connectivity index (χ3n) is 6.66. The Hall–Kier alpha value is -2.25. The third kappa shape index (κ3) is 5.38. The van der Waals surface area contributed by atoms with Crippen LogP contribution in [0.3, 0.4) is 0 Å². The Morgan fingerprint density at radius 3 is 2.69 bits per heavy atom. The average molecular weight is 440 g/mol. The zero-order chi connectivity index (χ0) is 22.7. The van der Waals surface area contributed by atoms with Crippen LogP contribution in [0.5, 0.6) is 0 Å². The Labute approximate surface area is 191 Å². The van der Waals surface area contributed by atoms with E-state index >= 15 is 0 Å². The summed E-state index contributed by atoms with van der Waals surface area (Å²) in [6.45, 7) is 8.83. The summed E-state index contributed by atoms with van der Waals surface area (Å²) in [5.41, 5.74) is 4.05. The van der Waals surface area contributed by atoms with Gasteiger partial charge < -0.3 is 9.64 Å². The van der Waals surface area contributed by atoms with E-state index in [1.165, 1.54) is 19.3 Å². The molecule has 1 aliphatic carbocycles. The van der Waals surface area contributed by atoms with Crippen molar-refractivity contribution in [2.24, 2.45) is 7.05 Å². The minimum absolute atomic E-state index is 0.131. The van der Waals surface area contributed by atoms with Crippen molar-refractivity contribution in [2.75, 3.05) is 26.2 Å². The highest BCUT2D eigenvalue weighted by molar-refractivity contribution is 5.79. The Bertz CT molecular complexity index is 919. The maximum Gasteiger partial charge on any atom is 0.237 e. The number of aryl methyl sites for hydroxylation is 2. The molecule has 0 unspecified atom stereocenters. The number of pyridine rings is 1. The van der Waals surface area contributed by atoms with Gasteiger partial charge in [-0.25, -0.2) is 0 Å². The second-order valence-electron chi connectivity index (χ2n) is 9.61. The molecular formula is C25H37N5O2. The van der Waals surface area contributed by atoms with Crippen molar-refractivity contribution in [1.29, 1.82) is 0 Å². The van der Waals surface area contributed by atoms with Crippen molar-refractivity contribution in [1.82, 2.24) is 24.6 Å². The molecule has 1 amide bonds. The van der Waals surface area contributed by atoms with Crippen LogP contribution in [0.4, 0.5) is 0 Å². The Morgan fingerprint density at radius 2 is 2.00 bits per heavy atom. The normalized spacial score (nSPS) is 20.6. The summed E-state index contributed by atoms with van der Waals surface area (Å²) in [5.74, 6) is 0.251. The quantitative estimate of drug-likeness (QED) is 0.686. The van der Waals surface area contributed by atoms with Crippen LogP contribution in [0.2, 0.25) is 0 Å². The third-order valence-corrected chi connectivity index (χ3v) is 6.66. The molecule has 0 bridgehead atoms. The topological polar surface area (TPSA) is 63.5 Å². The van der Waals surface area contributed by atoms with Crippen LogP contribution >= 0.6 is 0 Å². The number of carbonyl (C=O) groups is 1. The minimum atomic E-state index is -0.131. The van der Waals surface area contributed by atoms with Gasteiger partial charge in [0.05, 0.1) is 25.0 Å². The summed E-state index contributed by atoms with van der Waals surface area (Å²) in [6, 6.07) is 4.81. The summed E-state index contributed by atoms with van der Waals surface area (Å²) in [5, 5.41) is 4.29. The molecule has 1 saturated carbocycles. The van der Waals surface area contributed by atoms with Crippen LogP contribution in [0.1, 0.15) is 63.4 Å². The number of hydrogen-bond donors (Lipinski definition) is 0. The largest absolute Gasteiger partial charge is 0.369 e. The fourth-order valence-electron chi connectivity index (χ4n) is 5.17. The predicted molar refractivity (Wildman–Crippen MR) is 125 cm³/mol. The van der Waals surface area contributed by atoms with E-state index in [2.05, 4.69) is 40.9 Å². The van der Waals surface area contributed by atoms with Gasteiger partial charge >= 0.3 is 0 Å². The van der Waals surface area contributed by atoms with E-state index in [-0.39, 0.29) is 18.1 Å². The summed E-state index contributed by atoms with van der Waals surface area (Å²) >= 11 is 0. The van der Waals surface area contributed by atoms with E-state index < -0.39 is 0 Å². The number of hydrogen-bond acceptors (Lipinski definition) is 5. The maximum atomic E-state index is 13.3. The van der Waals surface area contributed by atoms with Crippen molar-refractivity contribution in [3.63, 3.8) is 0 Å². The van der Waals surface area contributed by atoms with E-state index in [1.54, 1.807) is 0 Å². The van der Waals surface area contributed by atoms with Crippen molar-refractivity contribution in [3.05, 3.63) is 35.9 Å². The maximum absolute atomic E-state index is 13.3. The first-order chi connectivity index (χ1) is 15.4. The molecule has 174 valence electrons. The number of carbonyl (C=O) groups excluding carboxylic acids is 1. The lowest BCUT2D eigenvalue weighted by molar-refractivity contribution is -0.139. The van der Waals surface area contributed by atoms with Gasteiger partial charge in [-0.15, -0.1) is 0 Å². The molecule has 2 aromatic heterocycles. The van der Waals surface area contributed by atoms with Gasteiger partial charge in [-0.3, -0.25) is 19.4 Å². The minimum Gasteiger partial charge on any atom is -0.369 e. The number of rotatable bonds is 6. The number of ether oxygens (including phenoxy) is 1. The second kappa shape index (κ2) is 10.1. The average Bonchev–Trinajstić information content (AvgIpc) is 3.20. The second-order valence-corrected chi connectivity index (χ2v) is 9.61. The Balaban J connectivity index is 1.45. The number of nitrogens with zero attached hydrogens (tertiary/aromatic N) is 5. The van der Waals surface area contributed by atoms with Gasteiger partial charge in [0.25, 0.3) is 0 Å². The van der Waals surface area contributed by atoms with Gasteiger partial charge in [-0.05, 0) is 51.3 Å².